The van der Waals surface area contributed by atoms with E-state index in [0.717, 1.165) is 23.1 Å². The summed E-state index contributed by atoms with van der Waals surface area (Å²) in [5.74, 6) is 0.282. The van der Waals surface area contributed by atoms with Gasteiger partial charge in [-0.2, -0.15) is 0 Å². The number of aromatic nitrogens is 1. The van der Waals surface area contributed by atoms with Crippen LogP contribution in [-0.2, 0) is 0 Å². The topological polar surface area (TPSA) is 49.9 Å². The molecule has 0 spiro atoms. The van der Waals surface area contributed by atoms with Gasteiger partial charge in [0.1, 0.15) is 0 Å². The summed E-state index contributed by atoms with van der Waals surface area (Å²) >= 11 is 3.27. The van der Waals surface area contributed by atoms with Crippen LogP contribution in [0, 0.1) is 6.92 Å². The van der Waals surface area contributed by atoms with Gasteiger partial charge in [0.15, 0.2) is 6.29 Å². The van der Waals surface area contributed by atoms with Gasteiger partial charge < -0.3 is 4.98 Å². The van der Waals surface area contributed by atoms with Gasteiger partial charge >= 0.3 is 0 Å². The maximum Gasteiger partial charge on any atom is 0.204 e. The van der Waals surface area contributed by atoms with Gasteiger partial charge in [-0.1, -0.05) is 26.0 Å². The molecule has 0 saturated carbocycles. The number of carbonyl (C=O) groups excluding carboxylic acids is 1. The fourth-order valence-corrected chi connectivity index (χ4v) is 2.41. The van der Waals surface area contributed by atoms with E-state index in [9.17, 15) is 9.59 Å². The first-order valence-electron chi connectivity index (χ1n) is 5.77. The van der Waals surface area contributed by atoms with Crippen molar-refractivity contribution in [3.8, 4) is 0 Å². The summed E-state index contributed by atoms with van der Waals surface area (Å²) in [6, 6.07) is 3.61. The highest BCUT2D eigenvalue weighted by atomic mass is 79.9. The number of carbonyl (C=O) groups is 1. The number of pyridine rings is 1. The minimum atomic E-state index is -0.133. The Kier molecular flexibility index (Phi) is 3.39. The number of aromatic amines is 1. The Morgan fingerprint density at radius 2 is 2.00 bits per heavy atom. The Bertz CT molecular complexity index is 686. The van der Waals surface area contributed by atoms with Gasteiger partial charge in [0.05, 0.1) is 15.4 Å². The van der Waals surface area contributed by atoms with Gasteiger partial charge in [-0.15, -0.1) is 0 Å². The molecule has 1 aromatic heterocycles. The summed E-state index contributed by atoms with van der Waals surface area (Å²) in [4.78, 5) is 26.6. The molecule has 3 nitrogen and oxygen atoms in total. The molecule has 1 N–H and O–H groups in total. The molecular weight excluding hydrogens is 294 g/mol. The number of benzene rings is 1. The van der Waals surface area contributed by atoms with Gasteiger partial charge in [-0.3, -0.25) is 9.59 Å². The molecule has 18 heavy (non-hydrogen) atoms. The summed E-state index contributed by atoms with van der Waals surface area (Å²) in [5, 5.41) is 0.466. The highest BCUT2D eigenvalue weighted by Gasteiger charge is 2.15. The average molecular weight is 308 g/mol. The highest BCUT2D eigenvalue weighted by molar-refractivity contribution is 9.10. The predicted octanol–water partition coefficient (Wildman–Crippen LogP) is 3.53. The maximum absolute atomic E-state index is 12.3. The maximum atomic E-state index is 12.3. The van der Waals surface area contributed by atoms with E-state index in [-0.39, 0.29) is 11.3 Å². The molecule has 2 aromatic rings. The van der Waals surface area contributed by atoms with E-state index in [4.69, 9.17) is 0 Å². The number of rotatable bonds is 2. The summed E-state index contributed by atoms with van der Waals surface area (Å²) in [7, 11) is 0. The van der Waals surface area contributed by atoms with Crippen LogP contribution < -0.4 is 5.43 Å². The largest absolute Gasteiger partial charge is 0.357 e. The Morgan fingerprint density at radius 3 is 2.56 bits per heavy atom. The van der Waals surface area contributed by atoms with Gasteiger partial charge in [0, 0.05) is 11.3 Å². The van der Waals surface area contributed by atoms with E-state index in [2.05, 4.69) is 34.8 Å². The third kappa shape index (κ3) is 1.90. The van der Waals surface area contributed by atoms with E-state index in [1.54, 1.807) is 6.07 Å². The average Bonchev–Trinajstić information content (AvgIpc) is 2.34. The summed E-state index contributed by atoms with van der Waals surface area (Å²) < 4.78 is 0.485. The number of hydrogen-bond donors (Lipinski definition) is 1. The lowest BCUT2D eigenvalue weighted by atomic mass is 9.96. The number of H-pyrrole nitrogens is 1. The van der Waals surface area contributed by atoms with Crippen LogP contribution in [0.1, 0.15) is 41.4 Å². The monoisotopic (exact) mass is 307 g/mol. The molecule has 1 heterocycles. The highest BCUT2D eigenvalue weighted by Crippen LogP contribution is 2.26. The molecule has 0 aliphatic heterocycles. The number of halogens is 1. The van der Waals surface area contributed by atoms with Crippen LogP contribution >= 0.6 is 15.9 Å². The number of fused-ring (bicyclic) bond motifs is 1. The number of nitrogens with one attached hydrogen (secondary N) is 1. The molecule has 0 bridgehead atoms. The van der Waals surface area contributed by atoms with Gasteiger partial charge in [0.25, 0.3) is 0 Å². The molecule has 4 heteroatoms. The molecule has 94 valence electrons. The van der Waals surface area contributed by atoms with Gasteiger partial charge in [0.2, 0.25) is 5.43 Å². The zero-order valence-corrected chi connectivity index (χ0v) is 12.1. The number of aryl methyl sites for hydroxylation is 1. The smallest absolute Gasteiger partial charge is 0.204 e. The number of hydrogen-bond acceptors (Lipinski definition) is 2. The Hall–Kier alpha value is -1.42. The number of aldehydes is 1. The lowest BCUT2D eigenvalue weighted by Crippen LogP contribution is -2.11. The van der Waals surface area contributed by atoms with E-state index >= 15 is 0 Å². The third-order valence-electron chi connectivity index (χ3n) is 3.09. The van der Waals surface area contributed by atoms with Crippen LogP contribution in [0.2, 0.25) is 0 Å². The van der Waals surface area contributed by atoms with Crippen LogP contribution in [-0.4, -0.2) is 11.3 Å². The first-order chi connectivity index (χ1) is 8.47. The van der Waals surface area contributed by atoms with Gasteiger partial charge in [-0.05, 0) is 34.3 Å². The second-order valence-electron chi connectivity index (χ2n) is 4.66. The van der Waals surface area contributed by atoms with Crippen molar-refractivity contribution in [1.29, 1.82) is 0 Å². The van der Waals surface area contributed by atoms with Gasteiger partial charge in [-0.25, -0.2) is 0 Å². The standard InChI is InChI=1S/C14H14BrNO2/c1-7(2)10-5-4-9(6-17)11-13(10)16-8(3)12(15)14(11)18/h4-7H,1-3H3,(H,16,18). The van der Waals surface area contributed by atoms with Crippen LogP contribution in [0.3, 0.4) is 0 Å². The summed E-state index contributed by atoms with van der Waals surface area (Å²) in [6.45, 7) is 5.96. The van der Waals surface area contributed by atoms with Crippen molar-refractivity contribution >= 4 is 33.1 Å². The van der Waals surface area contributed by atoms with Crippen molar-refractivity contribution in [2.45, 2.75) is 26.7 Å². The molecule has 0 aliphatic carbocycles. The fraction of sp³-hybridized carbons (Fsp3) is 0.286. The van der Waals surface area contributed by atoms with Crippen LogP contribution in [0.5, 0.6) is 0 Å². The Balaban J connectivity index is 3.06. The van der Waals surface area contributed by atoms with Crippen molar-refractivity contribution in [3.63, 3.8) is 0 Å². The molecule has 1 aromatic carbocycles. The summed E-state index contributed by atoms with van der Waals surface area (Å²) in [6.07, 6.45) is 0.726. The van der Waals surface area contributed by atoms with Crippen molar-refractivity contribution < 1.29 is 4.79 Å². The molecule has 0 saturated heterocycles. The Labute approximate surface area is 113 Å². The van der Waals surface area contributed by atoms with E-state index in [0.29, 0.717) is 15.4 Å². The second-order valence-corrected chi connectivity index (χ2v) is 5.45. The van der Waals surface area contributed by atoms with Crippen molar-refractivity contribution in [3.05, 3.63) is 43.6 Å². The quantitative estimate of drug-likeness (QED) is 0.863. The molecule has 0 atom stereocenters. The van der Waals surface area contributed by atoms with Crippen LogP contribution in [0.25, 0.3) is 10.9 Å². The molecule has 0 unspecified atom stereocenters. The zero-order chi connectivity index (χ0) is 13.4. The lowest BCUT2D eigenvalue weighted by molar-refractivity contribution is 0.112. The van der Waals surface area contributed by atoms with Crippen molar-refractivity contribution in [2.75, 3.05) is 0 Å². The van der Waals surface area contributed by atoms with E-state index < -0.39 is 0 Å². The zero-order valence-electron chi connectivity index (χ0n) is 10.5. The van der Waals surface area contributed by atoms with E-state index in [1.807, 2.05) is 13.0 Å². The first-order valence-corrected chi connectivity index (χ1v) is 6.56. The normalized spacial score (nSPS) is 11.2. The SMILES string of the molecule is Cc1[nH]c2c(C(C)C)ccc(C=O)c2c(=O)c1Br. The molecule has 0 radical (unpaired) electrons. The van der Waals surface area contributed by atoms with Crippen molar-refractivity contribution in [2.24, 2.45) is 0 Å². The first kappa shape index (κ1) is 13.0. The molecule has 2 rings (SSSR count). The third-order valence-corrected chi connectivity index (χ3v) is 4.04. The fourth-order valence-electron chi connectivity index (χ4n) is 2.12. The van der Waals surface area contributed by atoms with Crippen molar-refractivity contribution in [1.82, 2.24) is 4.98 Å². The second kappa shape index (κ2) is 4.69. The lowest BCUT2D eigenvalue weighted by Gasteiger charge is -2.12. The molecule has 0 amide bonds. The van der Waals surface area contributed by atoms with Crippen LogP contribution in [0.15, 0.2) is 21.4 Å². The predicted molar refractivity (Wildman–Crippen MR) is 76.5 cm³/mol. The summed E-state index contributed by atoms with van der Waals surface area (Å²) in [5.41, 5.74) is 2.88. The van der Waals surface area contributed by atoms with E-state index in [1.165, 1.54) is 0 Å². The molecule has 0 fully saturated rings. The van der Waals surface area contributed by atoms with Crippen LogP contribution in [0.4, 0.5) is 0 Å². The molecule has 0 aliphatic rings. The molecular formula is C14H14BrNO2. The minimum Gasteiger partial charge on any atom is -0.357 e. The Morgan fingerprint density at radius 1 is 1.33 bits per heavy atom. The minimum absolute atomic E-state index is 0.133.